The molecule has 180 valence electrons. The highest BCUT2D eigenvalue weighted by molar-refractivity contribution is 7.89. The number of hydrogen-bond acceptors (Lipinski definition) is 5. The number of carbonyl (C=O) groups excluding carboxylic acids is 2. The predicted molar refractivity (Wildman–Crippen MR) is 131 cm³/mol. The van der Waals surface area contributed by atoms with Crippen molar-refractivity contribution in [2.75, 3.05) is 31.1 Å². The summed E-state index contributed by atoms with van der Waals surface area (Å²) in [6, 6.07) is 14.2. The van der Waals surface area contributed by atoms with Gasteiger partial charge in [0.2, 0.25) is 10.0 Å². The molecule has 2 aliphatic rings. The third-order valence-electron chi connectivity index (χ3n) is 6.24. The molecule has 2 aromatic carbocycles. The van der Waals surface area contributed by atoms with E-state index >= 15 is 0 Å². The molecule has 1 fully saturated rings. The minimum absolute atomic E-state index is 0.251. The Morgan fingerprint density at radius 2 is 1.59 bits per heavy atom. The van der Waals surface area contributed by atoms with Crippen LogP contribution < -0.4 is 4.90 Å². The van der Waals surface area contributed by atoms with Crippen molar-refractivity contribution in [3.8, 4) is 0 Å². The number of aryl methyl sites for hydroxylation is 1. The van der Waals surface area contributed by atoms with Gasteiger partial charge in [0.15, 0.2) is 6.61 Å². The number of benzene rings is 2. The van der Waals surface area contributed by atoms with Gasteiger partial charge in [0.05, 0.1) is 4.90 Å². The van der Waals surface area contributed by atoms with Gasteiger partial charge in [0.25, 0.3) is 5.91 Å². The maximum absolute atomic E-state index is 12.9. The predicted octanol–water partition coefficient (Wildman–Crippen LogP) is 3.79. The highest BCUT2D eigenvalue weighted by Crippen LogP contribution is 2.26. The van der Waals surface area contributed by atoms with E-state index in [-0.39, 0.29) is 17.4 Å². The van der Waals surface area contributed by atoms with Gasteiger partial charge in [0.1, 0.15) is 0 Å². The second-order valence-corrected chi connectivity index (χ2v) is 10.5. The Morgan fingerprint density at radius 1 is 0.882 bits per heavy atom. The number of amides is 1. The molecule has 4 rings (SSSR count). The van der Waals surface area contributed by atoms with E-state index in [0.29, 0.717) is 25.2 Å². The van der Waals surface area contributed by atoms with Crippen molar-refractivity contribution in [2.24, 2.45) is 0 Å². The number of hydrogen-bond donors (Lipinski definition) is 0. The summed E-state index contributed by atoms with van der Waals surface area (Å²) in [5, 5.41) is 0. The van der Waals surface area contributed by atoms with Crippen LogP contribution in [0.15, 0.2) is 59.5 Å². The minimum Gasteiger partial charge on any atom is -0.452 e. The molecule has 2 aromatic rings. The lowest BCUT2D eigenvalue weighted by Crippen LogP contribution is -2.38. The second kappa shape index (κ2) is 11.0. The van der Waals surface area contributed by atoms with Crippen LogP contribution >= 0.6 is 0 Å². The number of sulfonamides is 1. The number of anilines is 1. The Morgan fingerprint density at radius 3 is 2.32 bits per heavy atom. The maximum atomic E-state index is 12.9. The highest BCUT2D eigenvalue weighted by atomic mass is 32.2. The molecule has 0 aromatic heterocycles. The van der Waals surface area contributed by atoms with Gasteiger partial charge < -0.3 is 9.64 Å². The summed E-state index contributed by atoms with van der Waals surface area (Å²) >= 11 is 0. The van der Waals surface area contributed by atoms with Crippen LogP contribution in [-0.2, 0) is 30.8 Å². The Hall–Kier alpha value is -2.97. The lowest BCUT2D eigenvalue weighted by Gasteiger charge is -2.29. The first-order valence-electron chi connectivity index (χ1n) is 11.8. The molecule has 2 heterocycles. The number of ether oxygens (including phenoxy) is 1. The molecule has 0 radical (unpaired) electrons. The lowest BCUT2D eigenvalue weighted by atomic mass is 10.0. The van der Waals surface area contributed by atoms with Gasteiger partial charge in [-0.1, -0.05) is 43.2 Å². The Labute approximate surface area is 201 Å². The van der Waals surface area contributed by atoms with Crippen molar-refractivity contribution in [3.05, 3.63) is 65.7 Å². The quantitative estimate of drug-likeness (QED) is 0.462. The summed E-state index contributed by atoms with van der Waals surface area (Å²) in [5.74, 6) is -0.878. The van der Waals surface area contributed by atoms with E-state index in [9.17, 15) is 18.0 Å². The highest BCUT2D eigenvalue weighted by Gasteiger charge is 2.25. The van der Waals surface area contributed by atoms with Crippen LogP contribution in [0.4, 0.5) is 5.69 Å². The summed E-state index contributed by atoms with van der Waals surface area (Å²) < 4.78 is 32.4. The smallest absolute Gasteiger partial charge is 0.331 e. The van der Waals surface area contributed by atoms with Gasteiger partial charge in [-0.05, 0) is 61.1 Å². The largest absolute Gasteiger partial charge is 0.452 e. The topological polar surface area (TPSA) is 84.0 Å². The van der Waals surface area contributed by atoms with Gasteiger partial charge in [-0.3, -0.25) is 4.79 Å². The third-order valence-corrected chi connectivity index (χ3v) is 8.16. The Balaban J connectivity index is 1.31. The average Bonchev–Trinajstić information content (AvgIpc) is 3.16. The molecule has 7 nitrogen and oxygen atoms in total. The summed E-state index contributed by atoms with van der Waals surface area (Å²) in [6.07, 6.45) is 8.48. The molecule has 0 unspecified atom stereocenters. The van der Waals surface area contributed by atoms with E-state index in [1.165, 1.54) is 6.08 Å². The normalized spacial score (nSPS) is 17.2. The molecule has 0 bridgehead atoms. The molecule has 1 saturated heterocycles. The van der Waals surface area contributed by atoms with Crippen LogP contribution in [-0.4, -0.2) is 50.8 Å². The number of esters is 1. The van der Waals surface area contributed by atoms with Crippen LogP contribution in [0, 0.1) is 0 Å². The summed E-state index contributed by atoms with van der Waals surface area (Å²) in [4.78, 5) is 26.6. The molecule has 2 aliphatic heterocycles. The van der Waals surface area contributed by atoms with Gasteiger partial charge >= 0.3 is 5.97 Å². The molecule has 0 spiro atoms. The van der Waals surface area contributed by atoms with Crippen LogP contribution in [0.5, 0.6) is 0 Å². The number of nitrogens with zero attached hydrogens (tertiary/aromatic N) is 2. The monoisotopic (exact) mass is 482 g/mol. The van der Waals surface area contributed by atoms with Crippen molar-refractivity contribution < 1.29 is 22.7 Å². The lowest BCUT2D eigenvalue weighted by molar-refractivity contribution is -0.142. The van der Waals surface area contributed by atoms with E-state index in [1.807, 2.05) is 24.3 Å². The fraction of sp³-hybridized carbons (Fsp3) is 0.385. The first-order chi connectivity index (χ1) is 16.4. The van der Waals surface area contributed by atoms with Crippen LogP contribution in [0.25, 0.3) is 6.08 Å². The molecular formula is C26H30N2O5S. The fourth-order valence-corrected chi connectivity index (χ4v) is 5.91. The first kappa shape index (κ1) is 24.2. The van der Waals surface area contributed by atoms with Gasteiger partial charge in [0, 0.05) is 31.4 Å². The molecule has 0 aliphatic carbocycles. The first-order valence-corrected chi connectivity index (χ1v) is 13.2. The Kier molecular flexibility index (Phi) is 7.80. The summed E-state index contributed by atoms with van der Waals surface area (Å²) in [6.45, 7) is 1.38. The third kappa shape index (κ3) is 5.74. The zero-order valence-electron chi connectivity index (χ0n) is 19.2. The number of rotatable bonds is 6. The summed E-state index contributed by atoms with van der Waals surface area (Å²) in [7, 11) is -3.51. The molecule has 34 heavy (non-hydrogen) atoms. The molecule has 0 saturated carbocycles. The zero-order chi connectivity index (χ0) is 24.0. The van der Waals surface area contributed by atoms with Crippen LogP contribution in [0.3, 0.4) is 0 Å². The van der Waals surface area contributed by atoms with Crippen LogP contribution in [0.2, 0.25) is 0 Å². The molecular weight excluding hydrogens is 452 g/mol. The average molecular weight is 483 g/mol. The minimum atomic E-state index is -3.51. The second-order valence-electron chi connectivity index (χ2n) is 8.61. The van der Waals surface area contributed by atoms with Crippen molar-refractivity contribution in [2.45, 2.75) is 43.4 Å². The Bertz CT molecular complexity index is 1150. The standard InChI is InChI=1S/C26H30N2O5S/c29-25(28-19-7-9-22-8-3-4-10-24(22)28)20-33-26(30)16-13-21-11-14-23(15-12-21)34(31,32)27-17-5-1-2-6-18-27/h3-4,8,10-16H,1-2,5-7,9,17-20H2/b16-13+. The maximum Gasteiger partial charge on any atom is 0.331 e. The zero-order valence-corrected chi connectivity index (χ0v) is 20.0. The molecule has 8 heteroatoms. The van der Waals surface area contributed by atoms with Crippen molar-refractivity contribution in [3.63, 3.8) is 0 Å². The van der Waals surface area contributed by atoms with Crippen molar-refractivity contribution in [1.82, 2.24) is 4.31 Å². The van der Waals surface area contributed by atoms with E-state index in [0.717, 1.165) is 49.8 Å². The number of carbonyl (C=O) groups is 2. The number of fused-ring (bicyclic) bond motifs is 1. The number of para-hydroxylation sites is 1. The van der Waals surface area contributed by atoms with Gasteiger partial charge in [-0.15, -0.1) is 0 Å². The van der Waals surface area contributed by atoms with Crippen LogP contribution in [0.1, 0.15) is 43.2 Å². The van der Waals surface area contributed by atoms with E-state index in [1.54, 1.807) is 39.5 Å². The van der Waals surface area contributed by atoms with Gasteiger partial charge in [-0.2, -0.15) is 4.31 Å². The van der Waals surface area contributed by atoms with E-state index in [4.69, 9.17) is 4.74 Å². The van der Waals surface area contributed by atoms with Crippen molar-refractivity contribution in [1.29, 1.82) is 0 Å². The SMILES string of the molecule is O=C(/C=C/c1ccc(S(=O)(=O)N2CCCCCC2)cc1)OCC(=O)N1CCCc2ccccc21. The summed E-state index contributed by atoms with van der Waals surface area (Å²) in [5.41, 5.74) is 2.67. The van der Waals surface area contributed by atoms with Gasteiger partial charge in [-0.25, -0.2) is 13.2 Å². The fourth-order valence-electron chi connectivity index (χ4n) is 4.40. The molecule has 0 N–H and O–H groups in total. The molecule has 1 amide bonds. The van der Waals surface area contributed by atoms with Crippen molar-refractivity contribution >= 4 is 33.7 Å². The molecule has 0 atom stereocenters. The van der Waals surface area contributed by atoms with E-state index < -0.39 is 16.0 Å². The van der Waals surface area contributed by atoms with E-state index in [2.05, 4.69) is 0 Å².